The maximum Gasteiger partial charge on any atom is 4.00 e. The van der Waals surface area contributed by atoms with E-state index in [2.05, 4.69) is 107 Å². The molecule has 1 aliphatic carbocycles. The summed E-state index contributed by atoms with van der Waals surface area (Å²) in [5.74, 6) is 0.515. The summed E-state index contributed by atoms with van der Waals surface area (Å²) < 4.78 is 0. The fourth-order valence-corrected chi connectivity index (χ4v) is 4.33. The average molecular weight is 484 g/mol. The van der Waals surface area contributed by atoms with Gasteiger partial charge < -0.3 is 37.2 Å². The van der Waals surface area contributed by atoms with E-state index in [0.29, 0.717) is 5.92 Å². The minimum Gasteiger partial charge on any atom is -1.00 e. The molecule has 0 spiro atoms. The SMILES string of the molecule is CC(C)C1=CCC(C(c2ccccc2)(c2ccccc2)C(C)(C)C)=[C-]1.[Cl-].[Cl-].[Cl-].[Ti+4]. The molecule has 0 aromatic heterocycles. The van der Waals surface area contributed by atoms with Gasteiger partial charge in [-0.25, -0.2) is 17.7 Å². The first-order chi connectivity index (χ1) is 11.9. The van der Waals surface area contributed by atoms with Crippen molar-refractivity contribution in [3.63, 3.8) is 0 Å². The molecule has 2 aromatic carbocycles. The van der Waals surface area contributed by atoms with E-state index >= 15 is 0 Å². The van der Waals surface area contributed by atoms with Crippen molar-refractivity contribution in [1.82, 2.24) is 0 Å². The second kappa shape index (κ2) is 12.4. The Hall–Kier alpha value is -0.496. The summed E-state index contributed by atoms with van der Waals surface area (Å²) in [5, 5.41) is 0. The Kier molecular flexibility index (Phi) is 13.1. The van der Waals surface area contributed by atoms with Crippen molar-refractivity contribution < 1.29 is 58.9 Å². The van der Waals surface area contributed by atoms with Crippen LogP contribution in [-0.4, -0.2) is 0 Å². The summed E-state index contributed by atoms with van der Waals surface area (Å²) in [7, 11) is 0. The second-order valence-corrected chi connectivity index (χ2v) is 8.35. The van der Waals surface area contributed by atoms with Crippen LogP contribution in [0.15, 0.2) is 77.9 Å². The average Bonchev–Trinajstić information content (AvgIpc) is 3.07. The summed E-state index contributed by atoms with van der Waals surface area (Å²) in [6, 6.07) is 22.0. The Balaban J connectivity index is 0. The molecule has 0 fully saturated rings. The predicted molar refractivity (Wildman–Crippen MR) is 107 cm³/mol. The van der Waals surface area contributed by atoms with Gasteiger partial charge in [0.25, 0.3) is 0 Å². The largest absolute Gasteiger partial charge is 4.00 e. The van der Waals surface area contributed by atoms with Crippen molar-refractivity contribution in [1.29, 1.82) is 0 Å². The maximum absolute atomic E-state index is 3.81. The maximum atomic E-state index is 3.81. The summed E-state index contributed by atoms with van der Waals surface area (Å²) in [4.78, 5) is 0. The van der Waals surface area contributed by atoms with Crippen molar-refractivity contribution in [3.8, 4) is 0 Å². The van der Waals surface area contributed by atoms with Gasteiger partial charge in [0.15, 0.2) is 0 Å². The molecule has 0 radical (unpaired) electrons. The van der Waals surface area contributed by atoms with Crippen molar-refractivity contribution >= 4 is 0 Å². The first-order valence-electron chi connectivity index (χ1n) is 9.32. The first-order valence-corrected chi connectivity index (χ1v) is 9.32. The van der Waals surface area contributed by atoms with Crippen molar-refractivity contribution in [2.45, 2.75) is 46.5 Å². The van der Waals surface area contributed by atoms with Crippen LogP contribution in [0.2, 0.25) is 0 Å². The fraction of sp³-hybridized carbons (Fsp3) is 0.360. The minimum absolute atomic E-state index is 0. The molecule has 0 aliphatic heterocycles. The summed E-state index contributed by atoms with van der Waals surface area (Å²) in [5.41, 5.74) is 5.29. The Bertz CT molecular complexity index is 748. The molecule has 2 aromatic rings. The van der Waals surface area contributed by atoms with Crippen LogP contribution in [0.4, 0.5) is 0 Å². The van der Waals surface area contributed by atoms with Crippen LogP contribution in [0.25, 0.3) is 0 Å². The van der Waals surface area contributed by atoms with Gasteiger partial charge in [0.2, 0.25) is 0 Å². The monoisotopic (exact) mass is 482 g/mol. The van der Waals surface area contributed by atoms with E-state index in [4.69, 9.17) is 0 Å². The standard InChI is InChI=1S/C25H29.3ClH.Ti/c1-19(2)20-16-17-23(18-20)25(24(3,4)5,21-12-8-6-9-13-21)22-14-10-7-11-15-22;;;;/h6-16,19H,17H2,1-5H3;3*1H;/q-1;;;;+4/p-3. The smallest absolute Gasteiger partial charge is 1.00 e. The van der Waals surface area contributed by atoms with Crippen molar-refractivity contribution in [2.75, 3.05) is 0 Å². The number of rotatable bonds is 4. The van der Waals surface area contributed by atoms with E-state index in [1.165, 1.54) is 22.3 Å². The summed E-state index contributed by atoms with van der Waals surface area (Å²) in [6.07, 6.45) is 7.16. The molecule has 29 heavy (non-hydrogen) atoms. The van der Waals surface area contributed by atoms with Crippen LogP contribution >= 0.6 is 0 Å². The fourth-order valence-electron chi connectivity index (χ4n) is 4.33. The third-order valence-electron chi connectivity index (χ3n) is 5.43. The minimum atomic E-state index is -0.178. The Morgan fingerprint density at radius 3 is 1.48 bits per heavy atom. The van der Waals surface area contributed by atoms with Gasteiger partial charge in [-0.3, -0.25) is 0 Å². The Morgan fingerprint density at radius 2 is 1.17 bits per heavy atom. The summed E-state index contributed by atoms with van der Waals surface area (Å²) in [6.45, 7) is 11.6. The zero-order chi connectivity index (χ0) is 18.1. The molecule has 0 heterocycles. The van der Waals surface area contributed by atoms with Gasteiger partial charge in [-0.15, -0.1) is 0 Å². The van der Waals surface area contributed by atoms with Crippen LogP contribution in [-0.2, 0) is 27.1 Å². The van der Waals surface area contributed by atoms with Gasteiger partial charge in [-0.1, -0.05) is 108 Å². The molecule has 0 saturated carbocycles. The molecule has 0 saturated heterocycles. The molecule has 0 nitrogen and oxygen atoms in total. The number of benzene rings is 2. The van der Waals surface area contributed by atoms with Gasteiger partial charge >= 0.3 is 21.7 Å². The third-order valence-corrected chi connectivity index (χ3v) is 5.43. The topological polar surface area (TPSA) is 0 Å². The molecular weight excluding hydrogens is 455 g/mol. The number of hydrogen-bond donors (Lipinski definition) is 0. The molecule has 0 atom stereocenters. The Morgan fingerprint density at radius 1 is 0.759 bits per heavy atom. The van der Waals surface area contributed by atoms with Crippen molar-refractivity contribution in [3.05, 3.63) is 95.1 Å². The second-order valence-electron chi connectivity index (χ2n) is 8.35. The third kappa shape index (κ3) is 5.81. The molecule has 0 unspecified atom stereocenters. The predicted octanol–water partition coefficient (Wildman–Crippen LogP) is -2.26. The van der Waals surface area contributed by atoms with Gasteiger partial charge in [-0.2, -0.15) is 5.57 Å². The van der Waals surface area contributed by atoms with Crippen LogP contribution < -0.4 is 37.2 Å². The quantitative estimate of drug-likeness (QED) is 0.340. The Labute approximate surface area is 210 Å². The van der Waals surface area contributed by atoms with E-state index < -0.39 is 0 Å². The van der Waals surface area contributed by atoms with Crippen LogP contribution in [0, 0.1) is 17.4 Å². The van der Waals surface area contributed by atoms with Gasteiger partial charge in [0, 0.05) is 5.41 Å². The molecule has 154 valence electrons. The summed E-state index contributed by atoms with van der Waals surface area (Å²) >= 11 is 0. The molecule has 0 bridgehead atoms. The molecule has 3 rings (SSSR count). The number of allylic oxidation sites excluding steroid dienone is 4. The van der Waals surface area contributed by atoms with Gasteiger partial charge in [-0.05, 0) is 16.5 Å². The first kappa shape index (κ1) is 30.7. The zero-order valence-corrected chi connectivity index (χ0v) is 21.6. The van der Waals surface area contributed by atoms with Gasteiger partial charge in [0.05, 0.1) is 0 Å². The molecule has 0 N–H and O–H groups in total. The number of halogens is 3. The molecule has 0 amide bonds. The van der Waals surface area contributed by atoms with E-state index in [9.17, 15) is 0 Å². The van der Waals surface area contributed by atoms with E-state index in [-0.39, 0.29) is 69.8 Å². The van der Waals surface area contributed by atoms with E-state index in [1.54, 1.807) is 0 Å². The number of hydrogen-bond acceptors (Lipinski definition) is 0. The zero-order valence-electron chi connectivity index (χ0n) is 17.8. The van der Waals surface area contributed by atoms with E-state index in [0.717, 1.165) is 6.42 Å². The van der Waals surface area contributed by atoms with Gasteiger partial charge in [0.1, 0.15) is 0 Å². The molecular formula is C25H29Cl3Ti. The van der Waals surface area contributed by atoms with Crippen molar-refractivity contribution in [2.24, 2.45) is 11.3 Å². The molecule has 4 heteroatoms. The van der Waals surface area contributed by atoms with Crippen LogP contribution in [0.3, 0.4) is 0 Å². The van der Waals surface area contributed by atoms with Crippen LogP contribution in [0.1, 0.15) is 52.2 Å². The van der Waals surface area contributed by atoms with Crippen LogP contribution in [0.5, 0.6) is 0 Å². The molecule has 1 aliphatic rings. The normalized spacial score (nSPS) is 13.2. The van der Waals surface area contributed by atoms with E-state index in [1.807, 2.05) is 0 Å².